The number of hydrogen-bond donors (Lipinski definition) is 2. The SMILES string of the molecule is COc1cccc(C2(CC(=O)O)CCN2)c1. The Kier molecular flexibility index (Phi) is 2.83. The van der Waals surface area contributed by atoms with Crippen LogP contribution in [0.1, 0.15) is 18.4 Å². The molecule has 1 atom stereocenters. The third-order valence-electron chi connectivity index (χ3n) is 3.09. The van der Waals surface area contributed by atoms with Crippen molar-refractivity contribution in [3.8, 4) is 5.75 Å². The lowest BCUT2D eigenvalue weighted by molar-refractivity contribution is -0.139. The highest BCUT2D eigenvalue weighted by atomic mass is 16.5. The molecule has 0 saturated carbocycles. The van der Waals surface area contributed by atoms with Gasteiger partial charge < -0.3 is 15.2 Å². The predicted molar refractivity (Wildman–Crippen MR) is 59.5 cm³/mol. The fourth-order valence-corrected chi connectivity index (χ4v) is 2.11. The van der Waals surface area contributed by atoms with E-state index in [1.807, 2.05) is 24.3 Å². The van der Waals surface area contributed by atoms with Crippen LogP contribution in [0.25, 0.3) is 0 Å². The Bertz CT molecular complexity index is 399. The molecule has 0 bridgehead atoms. The lowest BCUT2D eigenvalue weighted by Crippen LogP contribution is -2.55. The van der Waals surface area contributed by atoms with E-state index in [9.17, 15) is 4.79 Å². The fourth-order valence-electron chi connectivity index (χ4n) is 2.11. The van der Waals surface area contributed by atoms with Crippen LogP contribution in [0.4, 0.5) is 0 Å². The zero-order valence-corrected chi connectivity index (χ0v) is 9.19. The molecule has 0 radical (unpaired) electrons. The van der Waals surface area contributed by atoms with Crippen molar-refractivity contribution in [3.05, 3.63) is 29.8 Å². The van der Waals surface area contributed by atoms with Gasteiger partial charge in [0.1, 0.15) is 5.75 Å². The van der Waals surface area contributed by atoms with Gasteiger partial charge in [-0.3, -0.25) is 4.79 Å². The minimum absolute atomic E-state index is 0.111. The lowest BCUT2D eigenvalue weighted by atomic mass is 9.78. The first kappa shape index (κ1) is 11.0. The Morgan fingerprint density at radius 3 is 2.88 bits per heavy atom. The van der Waals surface area contributed by atoms with Gasteiger partial charge in [0.2, 0.25) is 0 Å². The number of ether oxygens (including phenoxy) is 1. The molecule has 86 valence electrons. The number of methoxy groups -OCH3 is 1. The summed E-state index contributed by atoms with van der Waals surface area (Å²) in [6.07, 6.45) is 0.965. The number of hydrogen-bond acceptors (Lipinski definition) is 3. The van der Waals surface area contributed by atoms with Crippen molar-refractivity contribution in [1.82, 2.24) is 5.32 Å². The van der Waals surface area contributed by atoms with Gasteiger partial charge in [0.15, 0.2) is 0 Å². The first-order valence-electron chi connectivity index (χ1n) is 5.28. The van der Waals surface area contributed by atoms with Crippen LogP contribution in [-0.2, 0) is 10.3 Å². The van der Waals surface area contributed by atoms with Crippen LogP contribution in [0.15, 0.2) is 24.3 Å². The largest absolute Gasteiger partial charge is 0.497 e. The Labute approximate surface area is 94.2 Å². The summed E-state index contributed by atoms with van der Waals surface area (Å²) >= 11 is 0. The monoisotopic (exact) mass is 221 g/mol. The Balaban J connectivity index is 2.29. The molecule has 1 saturated heterocycles. The van der Waals surface area contributed by atoms with Crippen LogP contribution < -0.4 is 10.1 Å². The first-order valence-corrected chi connectivity index (χ1v) is 5.28. The van der Waals surface area contributed by atoms with Crippen molar-refractivity contribution in [1.29, 1.82) is 0 Å². The second kappa shape index (κ2) is 4.14. The van der Waals surface area contributed by atoms with E-state index in [-0.39, 0.29) is 6.42 Å². The third-order valence-corrected chi connectivity index (χ3v) is 3.09. The Morgan fingerprint density at radius 2 is 2.38 bits per heavy atom. The normalized spacial score (nSPS) is 23.6. The van der Waals surface area contributed by atoms with Gasteiger partial charge in [0.05, 0.1) is 19.1 Å². The smallest absolute Gasteiger partial charge is 0.305 e. The number of rotatable bonds is 4. The first-order chi connectivity index (χ1) is 7.66. The van der Waals surface area contributed by atoms with Crippen molar-refractivity contribution in [2.24, 2.45) is 0 Å². The number of nitrogens with one attached hydrogen (secondary N) is 1. The summed E-state index contributed by atoms with van der Waals surface area (Å²) in [4.78, 5) is 10.9. The number of benzene rings is 1. The topological polar surface area (TPSA) is 58.6 Å². The molecule has 1 aliphatic heterocycles. The molecule has 0 aliphatic carbocycles. The van der Waals surface area contributed by atoms with Crippen molar-refractivity contribution in [2.75, 3.05) is 13.7 Å². The van der Waals surface area contributed by atoms with Crippen LogP contribution in [0, 0.1) is 0 Å². The molecule has 0 spiro atoms. The van der Waals surface area contributed by atoms with Crippen LogP contribution in [0.3, 0.4) is 0 Å². The van der Waals surface area contributed by atoms with E-state index in [0.717, 1.165) is 24.3 Å². The molecule has 4 nitrogen and oxygen atoms in total. The van der Waals surface area contributed by atoms with E-state index in [2.05, 4.69) is 5.32 Å². The summed E-state index contributed by atoms with van der Waals surface area (Å²) in [5, 5.41) is 12.2. The van der Waals surface area contributed by atoms with E-state index in [1.54, 1.807) is 7.11 Å². The predicted octanol–water partition coefficient (Wildman–Crippen LogP) is 1.36. The van der Waals surface area contributed by atoms with Gasteiger partial charge >= 0.3 is 5.97 Å². The molecule has 0 aromatic heterocycles. The number of carbonyl (C=O) groups is 1. The molecule has 4 heteroatoms. The van der Waals surface area contributed by atoms with Crippen LogP contribution in [0.2, 0.25) is 0 Å². The van der Waals surface area contributed by atoms with E-state index in [0.29, 0.717) is 0 Å². The van der Waals surface area contributed by atoms with Crippen molar-refractivity contribution < 1.29 is 14.6 Å². The Hall–Kier alpha value is -1.55. The summed E-state index contributed by atoms with van der Waals surface area (Å²) in [5.41, 5.74) is 0.584. The maximum absolute atomic E-state index is 10.9. The Morgan fingerprint density at radius 1 is 1.62 bits per heavy atom. The van der Waals surface area contributed by atoms with Gasteiger partial charge in [-0.05, 0) is 30.7 Å². The minimum Gasteiger partial charge on any atom is -0.497 e. The van der Waals surface area contributed by atoms with E-state index in [1.165, 1.54) is 0 Å². The molecule has 1 unspecified atom stereocenters. The highest BCUT2D eigenvalue weighted by Crippen LogP contribution is 2.36. The molecular formula is C12H15NO3. The van der Waals surface area contributed by atoms with Gasteiger partial charge in [-0.25, -0.2) is 0 Å². The van der Waals surface area contributed by atoms with Crippen LogP contribution >= 0.6 is 0 Å². The zero-order valence-electron chi connectivity index (χ0n) is 9.19. The van der Waals surface area contributed by atoms with Crippen molar-refractivity contribution in [3.63, 3.8) is 0 Å². The van der Waals surface area contributed by atoms with Crippen LogP contribution in [0.5, 0.6) is 5.75 Å². The summed E-state index contributed by atoms with van der Waals surface area (Å²) in [5.74, 6) is -0.0222. The molecule has 0 amide bonds. The number of carboxylic acid groups (broad SMARTS) is 1. The average Bonchev–Trinajstić information content (AvgIpc) is 2.23. The molecule has 2 rings (SSSR count). The van der Waals surface area contributed by atoms with Crippen molar-refractivity contribution in [2.45, 2.75) is 18.4 Å². The molecule has 1 fully saturated rings. The molecule has 1 heterocycles. The second-order valence-corrected chi connectivity index (χ2v) is 4.06. The van der Waals surface area contributed by atoms with E-state index >= 15 is 0 Å². The van der Waals surface area contributed by atoms with Crippen LogP contribution in [-0.4, -0.2) is 24.7 Å². The molecule has 1 aliphatic rings. The maximum atomic E-state index is 10.9. The highest BCUT2D eigenvalue weighted by Gasteiger charge is 2.40. The fraction of sp³-hybridized carbons (Fsp3) is 0.417. The van der Waals surface area contributed by atoms with Gasteiger partial charge in [-0.1, -0.05) is 12.1 Å². The zero-order chi connectivity index (χ0) is 11.6. The molecular weight excluding hydrogens is 206 g/mol. The summed E-state index contributed by atoms with van der Waals surface area (Å²) in [7, 11) is 1.61. The van der Waals surface area contributed by atoms with Crippen molar-refractivity contribution >= 4 is 5.97 Å². The van der Waals surface area contributed by atoms with Gasteiger partial charge in [-0.2, -0.15) is 0 Å². The lowest BCUT2D eigenvalue weighted by Gasteiger charge is -2.42. The minimum atomic E-state index is -0.782. The quantitative estimate of drug-likeness (QED) is 0.806. The standard InChI is InChI=1S/C12H15NO3/c1-16-10-4-2-3-9(7-10)12(5-6-13-12)8-11(14)15/h2-4,7,13H,5-6,8H2,1H3,(H,14,15). The summed E-state index contributed by atoms with van der Waals surface area (Å²) in [6, 6.07) is 7.58. The van der Waals surface area contributed by atoms with Gasteiger partial charge in [-0.15, -0.1) is 0 Å². The maximum Gasteiger partial charge on any atom is 0.305 e. The molecule has 1 aromatic rings. The average molecular weight is 221 g/mol. The summed E-state index contributed by atoms with van der Waals surface area (Å²) in [6.45, 7) is 0.866. The summed E-state index contributed by atoms with van der Waals surface area (Å²) < 4.78 is 5.15. The van der Waals surface area contributed by atoms with Gasteiger partial charge in [0, 0.05) is 0 Å². The molecule has 16 heavy (non-hydrogen) atoms. The van der Waals surface area contributed by atoms with E-state index < -0.39 is 11.5 Å². The highest BCUT2D eigenvalue weighted by molar-refractivity contribution is 5.69. The second-order valence-electron chi connectivity index (χ2n) is 4.06. The van der Waals surface area contributed by atoms with E-state index in [4.69, 9.17) is 9.84 Å². The van der Waals surface area contributed by atoms with Gasteiger partial charge in [0.25, 0.3) is 0 Å². The molecule has 1 aromatic carbocycles. The number of carboxylic acids is 1. The molecule has 2 N–H and O–H groups in total. The third kappa shape index (κ3) is 1.88. The number of aliphatic carboxylic acids is 1.